The summed E-state index contributed by atoms with van der Waals surface area (Å²) in [7, 11) is 0. The van der Waals surface area contributed by atoms with E-state index in [1.807, 2.05) is 6.07 Å². The van der Waals surface area contributed by atoms with Gasteiger partial charge in [0.2, 0.25) is 0 Å². The van der Waals surface area contributed by atoms with Crippen LogP contribution in [0.25, 0.3) is 5.69 Å². The summed E-state index contributed by atoms with van der Waals surface area (Å²) in [5.41, 5.74) is 1.39. The van der Waals surface area contributed by atoms with Crippen LogP contribution in [0.5, 0.6) is 0 Å². The van der Waals surface area contributed by atoms with Crippen molar-refractivity contribution in [1.29, 1.82) is 0 Å². The monoisotopic (exact) mass is 232 g/mol. The molecule has 1 N–H and O–H groups in total. The van der Waals surface area contributed by atoms with E-state index in [0.29, 0.717) is 11.7 Å². The van der Waals surface area contributed by atoms with Crippen molar-refractivity contribution < 1.29 is 4.39 Å². The Kier molecular flexibility index (Phi) is 2.60. The summed E-state index contributed by atoms with van der Waals surface area (Å²) in [5, 5.41) is 7.26. The van der Waals surface area contributed by atoms with Gasteiger partial charge in [0.25, 0.3) is 0 Å². The summed E-state index contributed by atoms with van der Waals surface area (Å²) in [6.45, 7) is 0.721. The van der Waals surface area contributed by atoms with Gasteiger partial charge in [-0.1, -0.05) is 6.07 Å². The number of nitrogens with zero attached hydrogens (tertiary/aromatic N) is 3. The highest BCUT2D eigenvalue weighted by Gasteiger charge is 2.20. The fraction of sp³-hybridized carbons (Fsp3) is 0.333. The van der Waals surface area contributed by atoms with E-state index in [1.165, 1.54) is 30.2 Å². The second-order valence-electron chi connectivity index (χ2n) is 4.28. The van der Waals surface area contributed by atoms with Gasteiger partial charge in [-0.2, -0.15) is 5.10 Å². The maximum absolute atomic E-state index is 13.8. The minimum atomic E-state index is -0.273. The smallest absolute Gasteiger partial charge is 0.149 e. The summed E-state index contributed by atoms with van der Waals surface area (Å²) in [5.74, 6) is -0.273. The van der Waals surface area contributed by atoms with Crippen LogP contribution >= 0.6 is 0 Å². The molecular weight excluding hydrogens is 219 g/mol. The van der Waals surface area contributed by atoms with Gasteiger partial charge < -0.3 is 5.32 Å². The second-order valence-corrected chi connectivity index (χ2v) is 4.28. The van der Waals surface area contributed by atoms with E-state index in [4.69, 9.17) is 0 Å². The van der Waals surface area contributed by atoms with Gasteiger partial charge in [0.1, 0.15) is 24.2 Å². The fourth-order valence-electron chi connectivity index (χ4n) is 1.73. The zero-order chi connectivity index (χ0) is 11.7. The minimum Gasteiger partial charge on any atom is -0.310 e. The zero-order valence-electron chi connectivity index (χ0n) is 9.31. The zero-order valence-corrected chi connectivity index (χ0v) is 9.31. The normalized spacial score (nSPS) is 15.1. The highest BCUT2D eigenvalue weighted by Crippen LogP contribution is 2.20. The van der Waals surface area contributed by atoms with Crippen LogP contribution in [-0.2, 0) is 6.54 Å². The molecule has 1 aliphatic carbocycles. The molecule has 0 aliphatic heterocycles. The number of nitrogens with one attached hydrogen (secondary N) is 1. The van der Waals surface area contributed by atoms with Crippen molar-refractivity contribution in [1.82, 2.24) is 20.1 Å². The van der Waals surface area contributed by atoms with E-state index < -0.39 is 0 Å². The average molecular weight is 232 g/mol. The van der Waals surface area contributed by atoms with E-state index >= 15 is 0 Å². The van der Waals surface area contributed by atoms with Gasteiger partial charge >= 0.3 is 0 Å². The van der Waals surface area contributed by atoms with Gasteiger partial charge in [-0.3, -0.25) is 0 Å². The summed E-state index contributed by atoms with van der Waals surface area (Å²) in [4.78, 5) is 3.80. The van der Waals surface area contributed by atoms with Gasteiger partial charge in [0.15, 0.2) is 0 Å². The molecule has 1 aliphatic rings. The lowest BCUT2D eigenvalue weighted by atomic mass is 10.2. The molecule has 0 unspecified atom stereocenters. The summed E-state index contributed by atoms with van der Waals surface area (Å²) in [6, 6.07) is 5.82. The average Bonchev–Trinajstić information content (AvgIpc) is 3.01. The van der Waals surface area contributed by atoms with E-state index in [9.17, 15) is 4.39 Å². The number of rotatable bonds is 4. The molecule has 2 aromatic rings. The van der Waals surface area contributed by atoms with Crippen molar-refractivity contribution in [2.75, 3.05) is 0 Å². The standard InChI is InChI=1S/C12H13FN4/c13-11-5-9(6-15-10-2-3-10)1-4-12(11)17-8-14-7-16-17/h1,4-5,7-8,10,15H,2-3,6H2. The third-order valence-corrected chi connectivity index (χ3v) is 2.85. The van der Waals surface area contributed by atoms with Crippen LogP contribution in [0.4, 0.5) is 4.39 Å². The fourth-order valence-corrected chi connectivity index (χ4v) is 1.73. The largest absolute Gasteiger partial charge is 0.310 e. The molecule has 4 nitrogen and oxygen atoms in total. The number of hydrogen-bond donors (Lipinski definition) is 1. The Morgan fingerprint density at radius 1 is 1.41 bits per heavy atom. The maximum Gasteiger partial charge on any atom is 0.149 e. The Labute approximate surface area is 98.5 Å². The Balaban J connectivity index is 1.78. The number of halogens is 1. The van der Waals surface area contributed by atoms with E-state index in [0.717, 1.165) is 12.1 Å². The first-order valence-electron chi connectivity index (χ1n) is 5.70. The molecule has 0 bridgehead atoms. The van der Waals surface area contributed by atoms with Crippen molar-refractivity contribution in [2.24, 2.45) is 0 Å². The molecule has 17 heavy (non-hydrogen) atoms. The second kappa shape index (κ2) is 4.25. The van der Waals surface area contributed by atoms with Gasteiger partial charge in [0.05, 0.1) is 0 Å². The molecule has 1 fully saturated rings. The predicted octanol–water partition coefficient (Wildman–Crippen LogP) is 1.66. The first-order chi connectivity index (χ1) is 8.33. The molecule has 1 saturated carbocycles. The Morgan fingerprint density at radius 2 is 2.29 bits per heavy atom. The van der Waals surface area contributed by atoms with Gasteiger partial charge in [-0.05, 0) is 30.5 Å². The van der Waals surface area contributed by atoms with Crippen LogP contribution in [-0.4, -0.2) is 20.8 Å². The Morgan fingerprint density at radius 3 is 2.94 bits per heavy atom. The first kappa shape index (κ1) is 10.4. The number of aromatic nitrogens is 3. The summed E-state index contributed by atoms with van der Waals surface area (Å²) < 4.78 is 15.3. The van der Waals surface area contributed by atoms with Crippen molar-refractivity contribution in [3.8, 4) is 5.69 Å². The predicted molar refractivity (Wildman–Crippen MR) is 61.2 cm³/mol. The van der Waals surface area contributed by atoms with E-state index in [-0.39, 0.29) is 5.82 Å². The molecule has 0 spiro atoms. The van der Waals surface area contributed by atoms with Gasteiger partial charge in [-0.25, -0.2) is 14.1 Å². The van der Waals surface area contributed by atoms with Gasteiger partial charge in [-0.15, -0.1) is 0 Å². The maximum atomic E-state index is 13.8. The molecule has 1 aromatic heterocycles. The Bertz CT molecular complexity index is 505. The van der Waals surface area contributed by atoms with E-state index in [2.05, 4.69) is 15.4 Å². The van der Waals surface area contributed by atoms with Crippen molar-refractivity contribution in [2.45, 2.75) is 25.4 Å². The lowest BCUT2D eigenvalue weighted by molar-refractivity contribution is 0.604. The molecular formula is C12H13FN4. The van der Waals surface area contributed by atoms with Crippen molar-refractivity contribution >= 4 is 0 Å². The SMILES string of the molecule is Fc1cc(CNC2CC2)ccc1-n1cncn1. The molecule has 3 rings (SSSR count). The van der Waals surface area contributed by atoms with Crippen LogP contribution in [0.2, 0.25) is 0 Å². The molecule has 0 amide bonds. The minimum absolute atomic E-state index is 0.273. The van der Waals surface area contributed by atoms with Crippen LogP contribution in [0, 0.1) is 5.82 Å². The molecule has 1 aromatic carbocycles. The molecule has 88 valence electrons. The first-order valence-corrected chi connectivity index (χ1v) is 5.70. The lowest BCUT2D eigenvalue weighted by Gasteiger charge is -2.06. The van der Waals surface area contributed by atoms with Crippen LogP contribution in [0.3, 0.4) is 0 Å². The quantitative estimate of drug-likeness (QED) is 0.871. The highest BCUT2D eigenvalue weighted by molar-refractivity contribution is 5.35. The van der Waals surface area contributed by atoms with E-state index in [1.54, 1.807) is 12.1 Å². The molecule has 0 saturated heterocycles. The van der Waals surface area contributed by atoms with Gasteiger partial charge in [0, 0.05) is 12.6 Å². The van der Waals surface area contributed by atoms with Crippen LogP contribution in [0.1, 0.15) is 18.4 Å². The lowest BCUT2D eigenvalue weighted by Crippen LogP contribution is -2.15. The van der Waals surface area contributed by atoms with Crippen molar-refractivity contribution in [3.63, 3.8) is 0 Å². The van der Waals surface area contributed by atoms with Crippen LogP contribution in [0.15, 0.2) is 30.9 Å². The number of benzene rings is 1. The molecule has 0 atom stereocenters. The summed E-state index contributed by atoms with van der Waals surface area (Å²) >= 11 is 0. The molecule has 0 radical (unpaired) electrons. The third kappa shape index (κ3) is 2.34. The molecule has 5 heteroatoms. The van der Waals surface area contributed by atoms with Crippen molar-refractivity contribution in [3.05, 3.63) is 42.2 Å². The highest BCUT2D eigenvalue weighted by atomic mass is 19.1. The molecule has 1 heterocycles. The van der Waals surface area contributed by atoms with Crippen LogP contribution < -0.4 is 5.32 Å². The summed E-state index contributed by atoms with van der Waals surface area (Å²) in [6.07, 6.45) is 5.35. The topological polar surface area (TPSA) is 42.7 Å². The number of hydrogen-bond acceptors (Lipinski definition) is 3. The third-order valence-electron chi connectivity index (χ3n) is 2.85. The Hall–Kier alpha value is -1.75.